The number of nitrogens with one attached hydrogen (secondary N) is 1. The van der Waals surface area contributed by atoms with Gasteiger partial charge in [-0.2, -0.15) is 0 Å². The number of carbonyl (C=O) groups excluding carboxylic acids is 3. The number of hydrogen-bond donors (Lipinski definition) is 1. The molecule has 1 N–H and O–H groups in total. The lowest BCUT2D eigenvalue weighted by molar-refractivity contribution is -0.133. The van der Waals surface area contributed by atoms with E-state index in [2.05, 4.69) is 5.32 Å². The summed E-state index contributed by atoms with van der Waals surface area (Å²) >= 11 is 6.03. The maximum Gasteiger partial charge on any atom is 0.253 e. The van der Waals surface area contributed by atoms with Gasteiger partial charge in [0.25, 0.3) is 5.91 Å². The lowest BCUT2D eigenvalue weighted by atomic mass is 10.1. The standard InChI is InChI=1S/C22H23ClFN3O3/c1-14(25-21(29)17-5-3-4-6-18(17)23)22(30)27-11-9-26(10-12-27)20-8-7-16(15(2)28)13-19(20)24/h3-8,13-14H,9-12H2,1-2H3,(H,25,29)/t14-/m0/s1. The van der Waals surface area contributed by atoms with E-state index >= 15 is 0 Å². The second-order valence-electron chi connectivity index (χ2n) is 7.21. The smallest absolute Gasteiger partial charge is 0.253 e. The number of anilines is 1. The molecule has 0 radical (unpaired) electrons. The van der Waals surface area contributed by atoms with Crippen molar-refractivity contribution in [3.63, 3.8) is 0 Å². The molecule has 2 aromatic carbocycles. The first-order chi connectivity index (χ1) is 14.3. The molecule has 1 atom stereocenters. The van der Waals surface area contributed by atoms with Crippen molar-refractivity contribution < 1.29 is 18.8 Å². The highest BCUT2D eigenvalue weighted by atomic mass is 35.5. The maximum atomic E-state index is 14.4. The molecule has 158 valence electrons. The fraction of sp³-hybridized carbons (Fsp3) is 0.318. The largest absolute Gasteiger partial charge is 0.366 e. The minimum Gasteiger partial charge on any atom is -0.366 e. The van der Waals surface area contributed by atoms with Gasteiger partial charge >= 0.3 is 0 Å². The van der Waals surface area contributed by atoms with Crippen LogP contribution in [0.15, 0.2) is 42.5 Å². The summed E-state index contributed by atoms with van der Waals surface area (Å²) in [4.78, 5) is 40.0. The number of hydrogen-bond acceptors (Lipinski definition) is 4. The number of nitrogens with zero attached hydrogens (tertiary/aromatic N) is 2. The Kier molecular flexibility index (Phi) is 6.72. The molecule has 8 heteroatoms. The van der Waals surface area contributed by atoms with Crippen molar-refractivity contribution in [1.29, 1.82) is 0 Å². The van der Waals surface area contributed by atoms with Crippen LogP contribution in [0.4, 0.5) is 10.1 Å². The first-order valence-corrected chi connectivity index (χ1v) is 10.1. The number of rotatable bonds is 5. The zero-order valence-electron chi connectivity index (χ0n) is 16.8. The molecule has 2 aromatic rings. The minimum atomic E-state index is -0.716. The summed E-state index contributed by atoms with van der Waals surface area (Å²) in [6, 6.07) is 10.4. The fourth-order valence-corrected chi connectivity index (χ4v) is 3.63. The topological polar surface area (TPSA) is 69.7 Å². The Balaban J connectivity index is 1.58. The maximum absolute atomic E-state index is 14.4. The lowest BCUT2D eigenvalue weighted by Crippen LogP contribution is -2.54. The van der Waals surface area contributed by atoms with Gasteiger partial charge in [-0.25, -0.2) is 4.39 Å². The molecule has 0 aliphatic carbocycles. The van der Waals surface area contributed by atoms with E-state index in [1.807, 2.05) is 4.90 Å². The molecule has 2 amide bonds. The Hall–Kier alpha value is -2.93. The number of halogens is 2. The molecule has 0 unspecified atom stereocenters. The van der Waals surface area contributed by atoms with Gasteiger partial charge in [0.1, 0.15) is 11.9 Å². The van der Waals surface area contributed by atoms with Crippen molar-refractivity contribution >= 4 is 34.9 Å². The quantitative estimate of drug-likeness (QED) is 0.738. The third-order valence-electron chi connectivity index (χ3n) is 5.12. The summed E-state index contributed by atoms with van der Waals surface area (Å²) in [6.45, 7) is 4.73. The van der Waals surface area contributed by atoms with Crippen LogP contribution in [0, 0.1) is 5.82 Å². The highest BCUT2D eigenvalue weighted by Crippen LogP contribution is 2.22. The third-order valence-corrected chi connectivity index (χ3v) is 5.45. The molecular weight excluding hydrogens is 409 g/mol. The van der Waals surface area contributed by atoms with Crippen LogP contribution in [0.1, 0.15) is 34.6 Å². The molecule has 1 fully saturated rings. The van der Waals surface area contributed by atoms with E-state index in [0.717, 1.165) is 0 Å². The van der Waals surface area contributed by atoms with Crippen molar-refractivity contribution in [3.8, 4) is 0 Å². The minimum absolute atomic E-state index is 0.191. The average Bonchev–Trinajstić information content (AvgIpc) is 2.73. The number of carbonyl (C=O) groups is 3. The van der Waals surface area contributed by atoms with E-state index in [1.165, 1.54) is 13.0 Å². The second-order valence-corrected chi connectivity index (χ2v) is 7.62. The van der Waals surface area contributed by atoms with Gasteiger partial charge in [-0.15, -0.1) is 0 Å². The molecular formula is C22H23ClFN3O3. The van der Waals surface area contributed by atoms with Crippen LogP contribution < -0.4 is 10.2 Å². The molecule has 0 aromatic heterocycles. The number of amides is 2. The molecule has 1 aliphatic rings. The molecule has 1 heterocycles. The van der Waals surface area contributed by atoms with Gasteiger partial charge in [0, 0.05) is 31.7 Å². The van der Waals surface area contributed by atoms with Crippen LogP contribution in [0.3, 0.4) is 0 Å². The number of Topliss-reactive ketones (excluding diaryl/α,β-unsaturated/α-hetero) is 1. The molecule has 1 aliphatic heterocycles. The van der Waals surface area contributed by atoms with Crippen LogP contribution in [0.25, 0.3) is 0 Å². The summed E-state index contributed by atoms with van der Waals surface area (Å²) < 4.78 is 14.4. The van der Waals surface area contributed by atoms with E-state index in [0.29, 0.717) is 48.0 Å². The Labute approximate surface area is 179 Å². The zero-order chi connectivity index (χ0) is 21.8. The van der Waals surface area contributed by atoms with Gasteiger partial charge in [-0.05, 0) is 44.2 Å². The van der Waals surface area contributed by atoms with E-state index < -0.39 is 17.8 Å². The molecule has 0 spiro atoms. The van der Waals surface area contributed by atoms with Crippen molar-refractivity contribution in [3.05, 3.63) is 64.4 Å². The van der Waals surface area contributed by atoms with Crippen molar-refractivity contribution in [2.75, 3.05) is 31.1 Å². The Bertz CT molecular complexity index is 974. The normalized spacial score (nSPS) is 14.9. The zero-order valence-corrected chi connectivity index (χ0v) is 17.6. The van der Waals surface area contributed by atoms with E-state index in [4.69, 9.17) is 11.6 Å². The van der Waals surface area contributed by atoms with Gasteiger partial charge in [0.15, 0.2) is 5.78 Å². The van der Waals surface area contributed by atoms with E-state index in [1.54, 1.807) is 48.2 Å². The van der Waals surface area contributed by atoms with Crippen LogP contribution in [0.2, 0.25) is 5.02 Å². The number of piperazine rings is 1. The summed E-state index contributed by atoms with van der Waals surface area (Å²) in [5.41, 5.74) is 1.05. The molecule has 30 heavy (non-hydrogen) atoms. The summed E-state index contributed by atoms with van der Waals surface area (Å²) in [7, 11) is 0. The van der Waals surface area contributed by atoms with Crippen LogP contribution in [0.5, 0.6) is 0 Å². The van der Waals surface area contributed by atoms with Crippen molar-refractivity contribution in [2.24, 2.45) is 0 Å². The van der Waals surface area contributed by atoms with Gasteiger partial charge in [0.05, 0.1) is 16.3 Å². The van der Waals surface area contributed by atoms with Crippen LogP contribution in [-0.4, -0.2) is 54.7 Å². The van der Waals surface area contributed by atoms with E-state index in [9.17, 15) is 18.8 Å². The Morgan fingerprint density at radius 3 is 2.33 bits per heavy atom. The molecule has 1 saturated heterocycles. The summed E-state index contributed by atoms with van der Waals surface area (Å²) in [5, 5.41) is 3.00. The first kappa shape index (κ1) is 21.8. The SMILES string of the molecule is CC(=O)c1ccc(N2CCN(C(=O)[C@H](C)NC(=O)c3ccccc3Cl)CC2)c(F)c1. The van der Waals surface area contributed by atoms with Gasteiger partial charge < -0.3 is 15.1 Å². The fourth-order valence-electron chi connectivity index (χ4n) is 3.41. The predicted molar refractivity (Wildman–Crippen MR) is 114 cm³/mol. The summed E-state index contributed by atoms with van der Waals surface area (Å²) in [6.07, 6.45) is 0. The molecule has 3 rings (SSSR count). The average molecular weight is 432 g/mol. The second kappa shape index (κ2) is 9.26. The van der Waals surface area contributed by atoms with Gasteiger partial charge in [-0.3, -0.25) is 14.4 Å². The highest BCUT2D eigenvalue weighted by Gasteiger charge is 2.27. The number of ketones is 1. The van der Waals surface area contributed by atoms with Crippen LogP contribution in [-0.2, 0) is 4.79 Å². The van der Waals surface area contributed by atoms with Gasteiger partial charge in [0.2, 0.25) is 5.91 Å². The summed E-state index contributed by atoms with van der Waals surface area (Å²) in [5.74, 6) is -1.26. The monoisotopic (exact) mass is 431 g/mol. The van der Waals surface area contributed by atoms with Crippen LogP contribution >= 0.6 is 11.6 Å². The van der Waals surface area contributed by atoms with Crippen molar-refractivity contribution in [2.45, 2.75) is 19.9 Å². The molecule has 0 saturated carbocycles. The highest BCUT2D eigenvalue weighted by molar-refractivity contribution is 6.33. The lowest BCUT2D eigenvalue weighted by Gasteiger charge is -2.37. The molecule has 0 bridgehead atoms. The van der Waals surface area contributed by atoms with Crippen molar-refractivity contribution in [1.82, 2.24) is 10.2 Å². The Morgan fingerprint density at radius 2 is 1.73 bits per heavy atom. The van der Waals surface area contributed by atoms with Gasteiger partial charge in [-0.1, -0.05) is 23.7 Å². The third kappa shape index (κ3) is 4.79. The first-order valence-electron chi connectivity index (χ1n) is 9.67. The predicted octanol–water partition coefficient (Wildman–Crippen LogP) is 3.15. The van der Waals surface area contributed by atoms with E-state index in [-0.39, 0.29) is 11.7 Å². The molecule has 6 nitrogen and oxygen atoms in total. The number of benzene rings is 2. The Morgan fingerprint density at radius 1 is 1.07 bits per heavy atom.